The Morgan fingerprint density at radius 1 is 1.00 bits per heavy atom. The van der Waals surface area contributed by atoms with Crippen LogP contribution in [0.15, 0.2) is 66.1 Å². The average Bonchev–Trinajstić information content (AvgIpc) is 3.38. The summed E-state index contributed by atoms with van der Waals surface area (Å²) in [7, 11) is 1.97. The first-order valence-electron chi connectivity index (χ1n) is 13.6. The number of amides is 1. The monoisotopic (exact) mass is 567 g/mol. The van der Waals surface area contributed by atoms with Crippen LogP contribution in [-0.2, 0) is 32.7 Å². The third-order valence-corrected chi connectivity index (χ3v) is 7.99. The van der Waals surface area contributed by atoms with E-state index in [1.54, 1.807) is 18.0 Å². The predicted octanol–water partition coefficient (Wildman–Crippen LogP) is 5.61. The van der Waals surface area contributed by atoms with Gasteiger partial charge in [-0.3, -0.25) is 9.59 Å². The van der Waals surface area contributed by atoms with Gasteiger partial charge in [0.25, 0.3) is 0 Å². The molecule has 1 fully saturated rings. The summed E-state index contributed by atoms with van der Waals surface area (Å²) in [6.07, 6.45) is 7.16. The normalized spacial score (nSPS) is 18.9. The van der Waals surface area contributed by atoms with Crippen molar-refractivity contribution in [2.75, 3.05) is 11.1 Å². The molecule has 1 aromatic heterocycles. The highest BCUT2D eigenvalue weighted by molar-refractivity contribution is 7.99. The minimum atomic E-state index is -0.781. The number of ether oxygens (including phenoxy) is 2. The van der Waals surface area contributed by atoms with Gasteiger partial charge in [0, 0.05) is 55.7 Å². The number of aromatic nitrogens is 2. The number of aliphatic hydroxyl groups excluding tert-OH is 1. The number of anilines is 1. The van der Waals surface area contributed by atoms with Crippen LogP contribution in [0.3, 0.4) is 0 Å². The zero-order valence-electron chi connectivity index (χ0n) is 22.7. The van der Waals surface area contributed by atoms with Gasteiger partial charge in [-0.1, -0.05) is 61.0 Å². The minimum absolute atomic E-state index is 0.00382. The molecule has 1 aliphatic rings. The number of carboxylic acids is 1. The number of rotatable bonds is 14. The van der Waals surface area contributed by atoms with Crippen molar-refractivity contribution in [2.24, 2.45) is 7.05 Å². The zero-order valence-corrected chi connectivity index (χ0v) is 23.5. The number of benzene rings is 2. The molecule has 10 heteroatoms. The van der Waals surface area contributed by atoms with E-state index in [1.165, 1.54) is 0 Å². The van der Waals surface area contributed by atoms with Crippen molar-refractivity contribution < 1.29 is 29.3 Å². The van der Waals surface area contributed by atoms with E-state index in [0.717, 1.165) is 46.9 Å². The Kier molecular flexibility index (Phi) is 11.2. The first-order chi connectivity index (χ1) is 19.4. The largest absolute Gasteiger partial charge is 0.481 e. The maximum Gasteiger partial charge on any atom is 0.303 e. The molecule has 9 nitrogen and oxygen atoms in total. The van der Waals surface area contributed by atoms with Gasteiger partial charge in [-0.05, 0) is 36.1 Å². The van der Waals surface area contributed by atoms with Gasteiger partial charge in [0.15, 0.2) is 11.4 Å². The average molecular weight is 568 g/mol. The number of carbonyl (C=O) groups excluding carboxylic acids is 1. The lowest BCUT2D eigenvalue weighted by Gasteiger charge is -2.36. The number of hydrogen-bond donors (Lipinski definition) is 3. The number of nitrogens with zero attached hydrogens (tertiary/aromatic N) is 2. The molecule has 3 N–H and O–H groups in total. The molecule has 3 atom stereocenters. The van der Waals surface area contributed by atoms with Crippen LogP contribution in [0, 0.1) is 0 Å². The molecule has 1 saturated heterocycles. The van der Waals surface area contributed by atoms with Crippen molar-refractivity contribution in [3.63, 3.8) is 0 Å². The Morgan fingerprint density at radius 2 is 1.70 bits per heavy atom. The molecule has 0 spiro atoms. The number of thioether (sulfide) groups is 1. The summed E-state index contributed by atoms with van der Waals surface area (Å²) < 4.78 is 14.8. The zero-order chi connectivity index (χ0) is 28.3. The molecule has 214 valence electrons. The van der Waals surface area contributed by atoms with E-state index in [-0.39, 0.29) is 31.1 Å². The van der Waals surface area contributed by atoms with Crippen molar-refractivity contribution in [2.45, 2.75) is 75.2 Å². The molecule has 0 bridgehead atoms. The topological polar surface area (TPSA) is 123 Å². The lowest BCUT2D eigenvalue weighted by atomic mass is 10.0. The van der Waals surface area contributed by atoms with Crippen molar-refractivity contribution in [3.8, 4) is 0 Å². The van der Waals surface area contributed by atoms with Crippen LogP contribution >= 0.6 is 11.8 Å². The smallest absolute Gasteiger partial charge is 0.303 e. The molecule has 4 rings (SSSR count). The number of hydrogen-bond acceptors (Lipinski definition) is 7. The van der Waals surface area contributed by atoms with Crippen LogP contribution in [0.2, 0.25) is 0 Å². The number of aliphatic carboxylic acids is 1. The van der Waals surface area contributed by atoms with E-state index < -0.39 is 12.3 Å². The first kappa shape index (κ1) is 29.8. The minimum Gasteiger partial charge on any atom is -0.481 e. The van der Waals surface area contributed by atoms with Crippen LogP contribution in [0.4, 0.5) is 5.69 Å². The third-order valence-electron chi connectivity index (χ3n) is 6.80. The number of nitrogens with one attached hydrogen (secondary N) is 1. The quantitative estimate of drug-likeness (QED) is 0.170. The fourth-order valence-corrected chi connectivity index (χ4v) is 5.49. The SMILES string of the molecule is Cn1ccnc1SC[C@@H]1C[C@H](c2ccc(CO)cc2)O[C@H](c2ccc(NC(=O)CCCCCCC(=O)O)cc2)O1. The number of carbonyl (C=O) groups is 2. The Balaban J connectivity index is 1.35. The van der Waals surface area contributed by atoms with Gasteiger partial charge in [0.05, 0.1) is 18.8 Å². The van der Waals surface area contributed by atoms with Gasteiger partial charge >= 0.3 is 5.97 Å². The summed E-state index contributed by atoms with van der Waals surface area (Å²) in [5.74, 6) is -0.120. The Bertz CT molecular complexity index is 1230. The standard InChI is InChI=1S/C30H37N3O6S/c1-33-17-16-31-30(33)40-20-25-18-26(22-10-8-21(19-34)9-11-22)39-29(38-25)23-12-14-24(15-13-23)32-27(35)6-4-2-3-5-7-28(36)37/h8-17,25-26,29,34H,2-7,18-20H2,1H3,(H,32,35)(H,36,37)/t25-,26+,29+/m0/s1. The van der Waals surface area contributed by atoms with Gasteiger partial charge in [0.1, 0.15) is 0 Å². The maximum atomic E-state index is 12.3. The predicted molar refractivity (Wildman–Crippen MR) is 153 cm³/mol. The Hall–Kier alpha value is -3.18. The van der Waals surface area contributed by atoms with Gasteiger partial charge in [-0.2, -0.15) is 0 Å². The van der Waals surface area contributed by atoms with E-state index in [1.807, 2.05) is 66.3 Å². The molecule has 40 heavy (non-hydrogen) atoms. The molecule has 2 heterocycles. The molecule has 0 aliphatic carbocycles. The van der Waals surface area contributed by atoms with Crippen LogP contribution in [0.1, 0.15) is 74.0 Å². The van der Waals surface area contributed by atoms with E-state index in [9.17, 15) is 14.7 Å². The van der Waals surface area contributed by atoms with E-state index in [4.69, 9.17) is 14.6 Å². The van der Waals surface area contributed by atoms with E-state index >= 15 is 0 Å². The fraction of sp³-hybridized carbons (Fsp3) is 0.433. The summed E-state index contributed by atoms with van der Waals surface area (Å²) in [4.78, 5) is 27.3. The number of carboxylic acid groups (broad SMARTS) is 1. The fourth-order valence-electron chi connectivity index (χ4n) is 4.54. The van der Waals surface area contributed by atoms with Crippen molar-refractivity contribution in [3.05, 3.63) is 77.6 Å². The van der Waals surface area contributed by atoms with Gasteiger partial charge in [0.2, 0.25) is 5.91 Å². The summed E-state index contributed by atoms with van der Waals surface area (Å²) in [6.45, 7) is -0.00382. The number of aryl methyl sites for hydroxylation is 1. The molecule has 0 unspecified atom stereocenters. The molecular formula is C30H37N3O6S. The lowest BCUT2D eigenvalue weighted by Crippen LogP contribution is -2.31. The first-order valence-corrected chi connectivity index (χ1v) is 14.6. The van der Waals surface area contributed by atoms with Gasteiger partial charge < -0.3 is 29.6 Å². The van der Waals surface area contributed by atoms with Crippen molar-refractivity contribution in [1.82, 2.24) is 9.55 Å². The van der Waals surface area contributed by atoms with Gasteiger partial charge in [-0.15, -0.1) is 0 Å². The number of aliphatic hydroxyl groups is 1. The van der Waals surface area contributed by atoms with E-state index in [0.29, 0.717) is 24.9 Å². The molecule has 0 saturated carbocycles. The summed E-state index contributed by atoms with van der Waals surface area (Å²) in [5.41, 5.74) is 3.45. The van der Waals surface area contributed by atoms with Crippen LogP contribution in [-0.4, -0.2) is 43.5 Å². The molecular weight excluding hydrogens is 530 g/mol. The maximum absolute atomic E-state index is 12.3. The Morgan fingerprint density at radius 3 is 2.35 bits per heavy atom. The van der Waals surface area contributed by atoms with Crippen LogP contribution in [0.25, 0.3) is 0 Å². The third kappa shape index (κ3) is 8.92. The summed E-state index contributed by atoms with van der Waals surface area (Å²) in [5, 5.41) is 22.0. The molecule has 2 aromatic carbocycles. The molecule has 1 aliphatic heterocycles. The lowest BCUT2D eigenvalue weighted by molar-refractivity contribution is -0.245. The van der Waals surface area contributed by atoms with E-state index in [2.05, 4.69) is 10.3 Å². The van der Waals surface area contributed by atoms with Crippen LogP contribution < -0.4 is 5.32 Å². The second-order valence-electron chi connectivity index (χ2n) is 9.96. The Labute approximate surface area is 238 Å². The summed E-state index contributed by atoms with van der Waals surface area (Å²) in [6, 6.07) is 15.3. The number of imidazole rings is 1. The molecule has 3 aromatic rings. The second-order valence-corrected chi connectivity index (χ2v) is 10.9. The van der Waals surface area contributed by atoms with Gasteiger partial charge in [-0.25, -0.2) is 4.98 Å². The van der Waals surface area contributed by atoms with Crippen molar-refractivity contribution >= 4 is 29.3 Å². The highest BCUT2D eigenvalue weighted by Crippen LogP contribution is 2.39. The molecule has 0 radical (unpaired) electrons. The molecule has 1 amide bonds. The van der Waals surface area contributed by atoms with Crippen molar-refractivity contribution in [1.29, 1.82) is 0 Å². The number of unbranched alkanes of at least 4 members (excludes halogenated alkanes) is 3. The second kappa shape index (κ2) is 15.0. The highest BCUT2D eigenvalue weighted by Gasteiger charge is 2.32. The van der Waals surface area contributed by atoms with Crippen LogP contribution in [0.5, 0.6) is 0 Å². The highest BCUT2D eigenvalue weighted by atomic mass is 32.2. The summed E-state index contributed by atoms with van der Waals surface area (Å²) >= 11 is 1.65.